The summed E-state index contributed by atoms with van der Waals surface area (Å²) >= 11 is -0.289. The van der Waals surface area contributed by atoms with Gasteiger partial charge in [0.25, 0.3) is 0 Å². The van der Waals surface area contributed by atoms with Crippen LogP contribution < -0.4 is 0 Å². The van der Waals surface area contributed by atoms with Crippen LogP contribution in [-0.2, 0) is 0 Å². The number of hydrogen-bond acceptors (Lipinski definition) is 4. The van der Waals surface area contributed by atoms with Crippen molar-refractivity contribution >= 4 is 63.2 Å². The minimum atomic E-state index is -0.144. The number of hydrogen-bond donors (Lipinski definition) is 0. The molecule has 0 unspecified atom stereocenters. The first-order valence-electron chi connectivity index (χ1n) is 12.5. The average Bonchev–Trinajstić information content (AvgIpc) is 3.64. The van der Waals surface area contributed by atoms with Gasteiger partial charge in [-0.2, -0.15) is 0 Å². The molecule has 0 N–H and O–H groups in total. The second-order valence-corrected chi connectivity index (χ2v) is 12.7. The van der Waals surface area contributed by atoms with Gasteiger partial charge >= 0.3 is 246 Å². The van der Waals surface area contributed by atoms with E-state index in [0.29, 0.717) is 0 Å². The first-order valence-corrected chi connectivity index (χ1v) is 16.0. The van der Waals surface area contributed by atoms with Crippen LogP contribution in [0.15, 0.2) is 161 Å². The number of nitrogens with zero attached hydrogens (tertiary/aromatic N) is 6. The van der Waals surface area contributed by atoms with Crippen LogP contribution in [0.25, 0.3) is 0 Å². The Hall–Kier alpha value is -4.32. The molecule has 4 aromatic carbocycles. The Morgan fingerprint density at radius 2 is 0.800 bits per heavy atom. The van der Waals surface area contributed by atoms with Crippen molar-refractivity contribution < 1.29 is 0 Å². The van der Waals surface area contributed by atoms with Crippen molar-refractivity contribution in [2.45, 2.75) is 0 Å². The van der Waals surface area contributed by atoms with Gasteiger partial charge in [0, 0.05) is 0 Å². The number of aliphatic imine (C=N–C) groups is 2. The molecule has 40 heavy (non-hydrogen) atoms. The summed E-state index contributed by atoms with van der Waals surface area (Å²) in [5, 5.41) is 17.8. The topological polar surface area (TPSA) is 74.2 Å². The van der Waals surface area contributed by atoms with Crippen LogP contribution in [0.5, 0.6) is 0 Å². The van der Waals surface area contributed by atoms with E-state index in [2.05, 4.69) is 44.7 Å². The van der Waals surface area contributed by atoms with Crippen LogP contribution in [0, 0.1) is 0 Å². The molecule has 2 aliphatic heterocycles. The quantitative estimate of drug-likeness (QED) is 0.153. The summed E-state index contributed by atoms with van der Waals surface area (Å²) in [6.07, 6.45) is 3.52. The zero-order valence-electron chi connectivity index (χ0n) is 21.2. The molecule has 0 aromatic heterocycles. The first-order chi connectivity index (χ1) is 19.8. The molecule has 6 nitrogen and oxygen atoms in total. The molecule has 192 valence electrons. The van der Waals surface area contributed by atoms with Crippen LogP contribution >= 0.6 is 0 Å². The van der Waals surface area contributed by atoms with E-state index in [1.807, 2.05) is 97.1 Å². The van der Waals surface area contributed by atoms with Crippen LogP contribution in [0.4, 0.5) is 0 Å². The average molecular weight is 648 g/mol. The van der Waals surface area contributed by atoms with Crippen LogP contribution in [0.3, 0.4) is 0 Å². The van der Waals surface area contributed by atoms with Gasteiger partial charge in [0.15, 0.2) is 0 Å². The molecular formula is C32H22N6Se2. The number of allylic oxidation sites excluding steroid dienone is 2. The van der Waals surface area contributed by atoms with Crippen molar-refractivity contribution in [2.24, 2.45) is 30.4 Å². The predicted octanol–water partition coefficient (Wildman–Crippen LogP) is 5.39. The first kappa shape index (κ1) is 25.9. The molecule has 8 heteroatoms. The van der Waals surface area contributed by atoms with E-state index in [-0.39, 0.29) is 29.9 Å². The third kappa shape index (κ3) is 6.28. The molecule has 0 saturated carbocycles. The van der Waals surface area contributed by atoms with E-state index < -0.39 is 0 Å². The van der Waals surface area contributed by atoms with E-state index in [1.165, 1.54) is 8.94 Å². The van der Waals surface area contributed by atoms with Crippen molar-refractivity contribution in [3.05, 3.63) is 153 Å². The maximum absolute atomic E-state index is 4.98. The monoisotopic (exact) mass is 650 g/mol. The van der Waals surface area contributed by atoms with Gasteiger partial charge in [-0.25, -0.2) is 0 Å². The van der Waals surface area contributed by atoms with Gasteiger partial charge in [-0.3, -0.25) is 0 Å². The fourth-order valence-corrected chi connectivity index (χ4v) is 8.47. The van der Waals surface area contributed by atoms with Gasteiger partial charge in [0.1, 0.15) is 0 Å². The van der Waals surface area contributed by atoms with Crippen LogP contribution in [-0.4, -0.2) is 63.2 Å². The van der Waals surface area contributed by atoms with Crippen molar-refractivity contribution in [2.75, 3.05) is 0 Å². The molecule has 0 radical (unpaired) electrons. The molecule has 6 rings (SSSR count). The van der Waals surface area contributed by atoms with Gasteiger partial charge in [-0.05, 0) is 0 Å². The maximum atomic E-state index is 4.98. The molecule has 0 fully saturated rings. The summed E-state index contributed by atoms with van der Waals surface area (Å²) in [4.78, 5) is 9.96. The molecular weight excluding hydrogens is 626 g/mol. The summed E-state index contributed by atoms with van der Waals surface area (Å²) in [6, 6.07) is 40.4. The van der Waals surface area contributed by atoms with Gasteiger partial charge in [0.2, 0.25) is 0 Å². The fourth-order valence-electron chi connectivity index (χ4n) is 3.96. The Morgan fingerprint density at radius 1 is 0.450 bits per heavy atom. The Kier molecular flexibility index (Phi) is 8.23. The van der Waals surface area contributed by atoms with Gasteiger partial charge in [-0.1, -0.05) is 0 Å². The molecule has 0 atom stereocenters. The van der Waals surface area contributed by atoms with E-state index in [9.17, 15) is 0 Å². The number of amidine groups is 2. The van der Waals surface area contributed by atoms with Crippen LogP contribution in [0.1, 0.15) is 22.3 Å². The van der Waals surface area contributed by atoms with Crippen molar-refractivity contribution in [1.82, 2.24) is 0 Å². The second kappa shape index (κ2) is 12.7. The second-order valence-electron chi connectivity index (χ2n) is 8.59. The molecule has 4 aromatic rings. The third-order valence-electron chi connectivity index (χ3n) is 5.83. The summed E-state index contributed by atoms with van der Waals surface area (Å²) in [6.45, 7) is 0. The van der Waals surface area contributed by atoms with Crippen molar-refractivity contribution in [3.8, 4) is 0 Å². The zero-order valence-corrected chi connectivity index (χ0v) is 24.6. The molecule has 0 spiro atoms. The van der Waals surface area contributed by atoms with Gasteiger partial charge < -0.3 is 0 Å². The molecule has 0 saturated heterocycles. The van der Waals surface area contributed by atoms with Crippen molar-refractivity contribution in [3.63, 3.8) is 0 Å². The Morgan fingerprint density at radius 3 is 1.18 bits per heavy atom. The summed E-state index contributed by atoms with van der Waals surface area (Å²) in [5.74, 6) is 0. The molecule has 2 aliphatic rings. The van der Waals surface area contributed by atoms with Gasteiger partial charge in [0.05, 0.1) is 0 Å². The Labute approximate surface area is 245 Å². The van der Waals surface area contributed by atoms with E-state index in [4.69, 9.17) is 9.98 Å². The summed E-state index contributed by atoms with van der Waals surface area (Å²) in [7, 11) is 0. The van der Waals surface area contributed by atoms with E-state index >= 15 is 0 Å². The van der Waals surface area contributed by atoms with E-state index in [0.717, 1.165) is 43.1 Å². The molecule has 0 aliphatic carbocycles. The fraction of sp³-hybridized carbons (Fsp3) is 0. The Bertz CT molecular complexity index is 1580. The van der Waals surface area contributed by atoms with Crippen molar-refractivity contribution in [1.29, 1.82) is 0 Å². The standard InChI is InChI=1S/C32H22N6Se2/c1-5-13-23(14-6-1)21-33-37-31-35-27(25-17-9-3-10-18-25)29(39-31)30-28(26-19-11-4-12-20-26)36-32(40-30)38-34-22-24-15-7-2-8-16-24/h1-22H/b30-29-,33-21-,34-22-,37-31+,38-32+. The normalized spacial score (nSPS) is 19.2. The van der Waals surface area contributed by atoms with Crippen LogP contribution in [0.2, 0.25) is 0 Å². The molecule has 0 amide bonds. The van der Waals surface area contributed by atoms with E-state index in [1.54, 1.807) is 12.4 Å². The number of benzene rings is 4. The molecule has 2 heterocycles. The minimum absolute atomic E-state index is 0.144. The molecule has 0 bridgehead atoms. The SMILES string of the molecule is C(=N/N=C1N=C(c2ccccc2)/C(=C2/[Se]/C(=N/N=C\c3ccccc3)N=C2c2ccccc2)[Se]\1)/c1ccccc1. The summed E-state index contributed by atoms with van der Waals surface area (Å²) < 4.78 is 3.81. The van der Waals surface area contributed by atoms with Gasteiger partial charge in [-0.15, -0.1) is 0 Å². The third-order valence-corrected chi connectivity index (χ3v) is 10.5. The summed E-state index contributed by atoms with van der Waals surface area (Å²) in [5.41, 5.74) is 5.97. The Balaban J connectivity index is 1.39. The predicted molar refractivity (Wildman–Crippen MR) is 167 cm³/mol. The zero-order chi connectivity index (χ0) is 27.0. The number of rotatable bonds is 6.